The molecular weight excluding hydrogens is 364 g/mol. The second-order valence-electron chi connectivity index (χ2n) is 7.17. The molecule has 4 nitrogen and oxygen atoms in total. The number of hydrogen-bond acceptors (Lipinski definition) is 4. The highest BCUT2D eigenvalue weighted by molar-refractivity contribution is 6.15. The zero-order valence-electron chi connectivity index (χ0n) is 16.5. The Balaban J connectivity index is 1.61. The molecule has 3 aromatic carbocycles. The van der Waals surface area contributed by atoms with Crippen molar-refractivity contribution in [2.24, 2.45) is 0 Å². The summed E-state index contributed by atoms with van der Waals surface area (Å²) in [5.74, 6) is 0.438. The maximum absolute atomic E-state index is 12.7. The minimum Gasteiger partial charge on any atom is -0.452 e. The van der Waals surface area contributed by atoms with Crippen LogP contribution in [0.1, 0.15) is 43.0 Å². The molecule has 3 aromatic rings. The lowest BCUT2D eigenvalue weighted by atomic mass is 10.1. The van der Waals surface area contributed by atoms with E-state index in [1.807, 2.05) is 50.2 Å². The largest absolute Gasteiger partial charge is 0.452 e. The van der Waals surface area contributed by atoms with Gasteiger partial charge in [0.2, 0.25) is 5.78 Å². The highest BCUT2D eigenvalue weighted by Gasteiger charge is 2.30. The molecule has 0 saturated heterocycles. The molecular formula is C25H20O4. The third-order valence-corrected chi connectivity index (χ3v) is 4.87. The van der Waals surface area contributed by atoms with Crippen LogP contribution >= 0.6 is 0 Å². The molecule has 0 saturated carbocycles. The van der Waals surface area contributed by atoms with Crippen molar-refractivity contribution in [1.82, 2.24) is 0 Å². The Morgan fingerprint density at radius 1 is 0.931 bits per heavy atom. The molecule has 0 aromatic heterocycles. The van der Waals surface area contributed by atoms with Crippen molar-refractivity contribution in [1.29, 1.82) is 0 Å². The predicted octanol–water partition coefficient (Wildman–Crippen LogP) is 5.45. The maximum atomic E-state index is 12.7. The van der Waals surface area contributed by atoms with E-state index >= 15 is 0 Å². The summed E-state index contributed by atoms with van der Waals surface area (Å²) >= 11 is 0. The van der Waals surface area contributed by atoms with Crippen LogP contribution in [0.5, 0.6) is 11.5 Å². The number of rotatable bonds is 3. The van der Waals surface area contributed by atoms with E-state index < -0.39 is 5.97 Å². The number of allylic oxidation sites excluding steroid dienone is 1. The van der Waals surface area contributed by atoms with Crippen LogP contribution in [0.15, 0.2) is 66.4 Å². The minimum absolute atomic E-state index is 0.180. The first kappa shape index (κ1) is 18.7. The average molecular weight is 384 g/mol. The predicted molar refractivity (Wildman–Crippen MR) is 111 cm³/mol. The Kier molecular flexibility index (Phi) is 4.77. The molecule has 0 atom stereocenters. The lowest BCUT2D eigenvalue weighted by Gasteiger charge is -2.10. The fourth-order valence-electron chi connectivity index (χ4n) is 3.22. The number of carbonyl (C=O) groups excluding carboxylic acids is 2. The molecule has 29 heavy (non-hydrogen) atoms. The molecule has 1 aliphatic rings. The van der Waals surface area contributed by atoms with Gasteiger partial charge in [-0.15, -0.1) is 0 Å². The van der Waals surface area contributed by atoms with Gasteiger partial charge in [0, 0.05) is 5.56 Å². The van der Waals surface area contributed by atoms with E-state index in [2.05, 4.69) is 0 Å². The second kappa shape index (κ2) is 7.40. The van der Waals surface area contributed by atoms with Gasteiger partial charge in [0.05, 0.1) is 11.1 Å². The normalized spacial score (nSPS) is 13.9. The highest BCUT2D eigenvalue weighted by Crippen LogP contribution is 2.39. The van der Waals surface area contributed by atoms with Gasteiger partial charge >= 0.3 is 5.97 Å². The molecule has 0 aliphatic carbocycles. The van der Waals surface area contributed by atoms with Gasteiger partial charge in [-0.05, 0) is 56.7 Å². The van der Waals surface area contributed by atoms with E-state index in [0.29, 0.717) is 28.2 Å². The topological polar surface area (TPSA) is 52.6 Å². The van der Waals surface area contributed by atoms with Crippen molar-refractivity contribution < 1.29 is 19.1 Å². The number of Topliss-reactive ketones (excluding diaryl/α,β-unsaturated/α-hetero) is 1. The van der Waals surface area contributed by atoms with Crippen LogP contribution in [0.3, 0.4) is 0 Å². The first-order valence-electron chi connectivity index (χ1n) is 9.36. The third-order valence-electron chi connectivity index (χ3n) is 4.87. The van der Waals surface area contributed by atoms with Gasteiger partial charge in [-0.25, -0.2) is 4.79 Å². The number of hydrogen-bond donors (Lipinski definition) is 0. The monoisotopic (exact) mass is 384 g/mol. The van der Waals surface area contributed by atoms with Crippen molar-refractivity contribution >= 4 is 17.8 Å². The van der Waals surface area contributed by atoms with E-state index in [1.54, 1.807) is 37.3 Å². The van der Waals surface area contributed by atoms with Gasteiger partial charge in [-0.1, -0.05) is 47.5 Å². The van der Waals surface area contributed by atoms with Crippen molar-refractivity contribution in [2.45, 2.75) is 20.8 Å². The van der Waals surface area contributed by atoms with Crippen LogP contribution in [-0.2, 0) is 0 Å². The fraction of sp³-hybridized carbons (Fsp3) is 0.120. The number of benzene rings is 3. The van der Waals surface area contributed by atoms with E-state index in [0.717, 1.165) is 16.7 Å². The Labute approximate surface area is 169 Å². The molecule has 1 aliphatic heterocycles. The molecule has 0 fully saturated rings. The van der Waals surface area contributed by atoms with Gasteiger partial charge in [0.1, 0.15) is 11.5 Å². The van der Waals surface area contributed by atoms with Gasteiger partial charge in [0.25, 0.3) is 0 Å². The summed E-state index contributed by atoms with van der Waals surface area (Å²) in [4.78, 5) is 25.2. The lowest BCUT2D eigenvalue weighted by Crippen LogP contribution is -2.09. The number of fused-ring (bicyclic) bond motifs is 1. The fourth-order valence-corrected chi connectivity index (χ4v) is 3.22. The summed E-state index contributed by atoms with van der Waals surface area (Å²) in [7, 11) is 0. The number of carbonyl (C=O) groups is 2. The Morgan fingerprint density at radius 2 is 1.69 bits per heavy atom. The van der Waals surface area contributed by atoms with Crippen molar-refractivity contribution in [3.8, 4) is 11.5 Å². The molecule has 0 spiro atoms. The number of ether oxygens (including phenoxy) is 2. The van der Waals surface area contributed by atoms with Gasteiger partial charge in [-0.3, -0.25) is 4.79 Å². The number of aryl methyl sites for hydroxylation is 2. The second-order valence-corrected chi connectivity index (χ2v) is 7.17. The Hall–Kier alpha value is -3.66. The first-order valence-corrected chi connectivity index (χ1v) is 9.36. The van der Waals surface area contributed by atoms with Crippen LogP contribution in [0.25, 0.3) is 6.08 Å². The Bertz CT molecular complexity index is 1150. The zero-order chi connectivity index (χ0) is 20.5. The van der Waals surface area contributed by atoms with Crippen LogP contribution < -0.4 is 9.47 Å². The smallest absolute Gasteiger partial charge is 0.343 e. The standard InChI is InChI=1S/C25H20O4/c1-15-7-9-18(10-8-15)14-22-23(26)20-11-12-21(17(3)24(20)28-22)29-25(27)19-6-4-5-16(2)13-19/h4-14H,1-3H3/b22-14-. The van der Waals surface area contributed by atoms with Crippen molar-refractivity contribution in [3.05, 3.63) is 99.8 Å². The van der Waals surface area contributed by atoms with Gasteiger partial charge in [-0.2, -0.15) is 0 Å². The lowest BCUT2D eigenvalue weighted by molar-refractivity contribution is 0.0733. The van der Waals surface area contributed by atoms with Crippen LogP contribution in [0.4, 0.5) is 0 Å². The van der Waals surface area contributed by atoms with E-state index in [4.69, 9.17) is 9.47 Å². The molecule has 0 bridgehead atoms. The number of ketones is 1. The molecule has 4 heteroatoms. The average Bonchev–Trinajstić information content (AvgIpc) is 3.02. The van der Waals surface area contributed by atoms with Crippen molar-refractivity contribution in [3.63, 3.8) is 0 Å². The summed E-state index contributed by atoms with van der Waals surface area (Å²) < 4.78 is 11.4. The molecule has 0 amide bonds. The zero-order valence-corrected chi connectivity index (χ0v) is 16.5. The van der Waals surface area contributed by atoms with Crippen LogP contribution in [0, 0.1) is 20.8 Å². The van der Waals surface area contributed by atoms with E-state index in [1.165, 1.54) is 0 Å². The third kappa shape index (κ3) is 3.69. The highest BCUT2D eigenvalue weighted by atomic mass is 16.5. The molecule has 144 valence electrons. The van der Waals surface area contributed by atoms with Gasteiger partial charge in [0.15, 0.2) is 5.76 Å². The molecule has 1 heterocycles. The van der Waals surface area contributed by atoms with Crippen LogP contribution in [-0.4, -0.2) is 11.8 Å². The summed E-state index contributed by atoms with van der Waals surface area (Å²) in [6, 6.07) is 18.3. The van der Waals surface area contributed by atoms with E-state index in [-0.39, 0.29) is 11.5 Å². The SMILES string of the molecule is Cc1ccc(/C=C2\Oc3c(ccc(OC(=O)c4cccc(C)c4)c3C)C2=O)cc1. The molecule has 0 radical (unpaired) electrons. The van der Waals surface area contributed by atoms with E-state index in [9.17, 15) is 9.59 Å². The summed E-state index contributed by atoms with van der Waals surface area (Å²) in [5.41, 5.74) is 4.56. The Morgan fingerprint density at radius 3 is 2.41 bits per heavy atom. The minimum atomic E-state index is -0.448. The summed E-state index contributed by atoms with van der Waals surface area (Å²) in [6.45, 7) is 5.70. The van der Waals surface area contributed by atoms with Crippen molar-refractivity contribution in [2.75, 3.05) is 0 Å². The summed E-state index contributed by atoms with van der Waals surface area (Å²) in [5, 5.41) is 0. The van der Waals surface area contributed by atoms with Gasteiger partial charge < -0.3 is 9.47 Å². The summed E-state index contributed by atoms with van der Waals surface area (Å²) in [6.07, 6.45) is 1.72. The molecule has 4 rings (SSSR count). The molecule has 0 N–H and O–H groups in total. The first-order chi connectivity index (χ1) is 13.9. The number of esters is 1. The molecule has 0 unspecified atom stereocenters. The maximum Gasteiger partial charge on any atom is 0.343 e. The van der Waals surface area contributed by atoms with Crippen LogP contribution in [0.2, 0.25) is 0 Å². The quantitative estimate of drug-likeness (QED) is 0.342.